The zero-order valence-corrected chi connectivity index (χ0v) is 21.7. The highest BCUT2D eigenvalue weighted by atomic mass is 16.5. The van der Waals surface area contributed by atoms with Gasteiger partial charge in [-0.3, -0.25) is 0 Å². The monoisotopic (exact) mass is 499 g/mol. The highest BCUT2D eigenvalue weighted by Crippen LogP contribution is 2.26. The molecule has 3 aromatic carbocycles. The molecule has 0 N–H and O–H groups in total. The molecule has 0 saturated heterocycles. The maximum absolute atomic E-state index is 12.6. The second-order valence-corrected chi connectivity index (χ2v) is 9.06. The fourth-order valence-electron chi connectivity index (χ4n) is 3.49. The second-order valence-electron chi connectivity index (χ2n) is 9.06. The van der Waals surface area contributed by atoms with Crippen LogP contribution in [0.5, 0.6) is 17.2 Å². The number of nitriles is 1. The number of rotatable bonds is 12. The van der Waals surface area contributed by atoms with Gasteiger partial charge in [0.1, 0.15) is 17.2 Å². The van der Waals surface area contributed by atoms with Gasteiger partial charge in [-0.25, -0.2) is 9.59 Å². The van der Waals surface area contributed by atoms with Gasteiger partial charge in [-0.1, -0.05) is 57.4 Å². The molecule has 1 unspecified atom stereocenters. The molecule has 3 aromatic rings. The molecule has 0 spiro atoms. The maximum Gasteiger partial charge on any atom is 0.343 e. The number of hydrogen-bond donors (Lipinski definition) is 0. The Balaban J connectivity index is 1.54. The third-order valence-electron chi connectivity index (χ3n) is 6.22. The quantitative estimate of drug-likeness (QED) is 0.147. The molecular weight excluding hydrogens is 466 g/mol. The van der Waals surface area contributed by atoms with Crippen molar-refractivity contribution in [3.05, 3.63) is 78.4 Å². The highest BCUT2D eigenvalue weighted by molar-refractivity contribution is 5.91. The summed E-state index contributed by atoms with van der Waals surface area (Å²) in [6.07, 6.45) is 5.03. The standard InChI is InChI=1S/C31H33NO5/c1-4-6-7-8-21-35-26-15-13-24(14-16-26)23-9-11-25(12-10-23)29(33)36-27-17-19-28(20-18-27)37-30(34)31(3,5-2)22-32/h9-20H,4-8,21H2,1-3H3. The lowest BCUT2D eigenvalue weighted by Gasteiger charge is -2.17. The summed E-state index contributed by atoms with van der Waals surface area (Å²) in [6, 6.07) is 23.2. The predicted molar refractivity (Wildman–Crippen MR) is 143 cm³/mol. The van der Waals surface area contributed by atoms with E-state index in [9.17, 15) is 14.9 Å². The largest absolute Gasteiger partial charge is 0.494 e. The lowest BCUT2D eigenvalue weighted by molar-refractivity contribution is -0.142. The molecule has 0 aromatic heterocycles. The van der Waals surface area contributed by atoms with E-state index in [2.05, 4.69) is 6.92 Å². The summed E-state index contributed by atoms with van der Waals surface area (Å²) in [5.74, 6) is 0.332. The lowest BCUT2D eigenvalue weighted by Crippen LogP contribution is -2.29. The third-order valence-corrected chi connectivity index (χ3v) is 6.22. The number of hydrogen-bond acceptors (Lipinski definition) is 6. The Labute approximate surface area is 218 Å². The molecule has 0 radical (unpaired) electrons. The van der Waals surface area contributed by atoms with Crippen molar-refractivity contribution in [1.82, 2.24) is 0 Å². The fourth-order valence-corrected chi connectivity index (χ4v) is 3.49. The van der Waals surface area contributed by atoms with Crippen LogP contribution in [-0.2, 0) is 4.79 Å². The van der Waals surface area contributed by atoms with Gasteiger partial charge in [-0.05, 0) is 79.4 Å². The Hall–Kier alpha value is -4.11. The molecule has 3 rings (SSSR count). The van der Waals surface area contributed by atoms with Crippen molar-refractivity contribution in [2.45, 2.75) is 52.9 Å². The van der Waals surface area contributed by atoms with Crippen LogP contribution in [0, 0.1) is 16.7 Å². The smallest absolute Gasteiger partial charge is 0.343 e. The van der Waals surface area contributed by atoms with Gasteiger partial charge < -0.3 is 14.2 Å². The molecule has 0 bridgehead atoms. The number of ether oxygens (including phenoxy) is 3. The number of carbonyl (C=O) groups is 2. The van der Waals surface area contributed by atoms with Crippen LogP contribution in [-0.4, -0.2) is 18.5 Å². The zero-order valence-electron chi connectivity index (χ0n) is 21.7. The van der Waals surface area contributed by atoms with E-state index in [-0.39, 0.29) is 5.75 Å². The first-order valence-electron chi connectivity index (χ1n) is 12.7. The predicted octanol–water partition coefficient (Wildman–Crippen LogP) is 7.38. The highest BCUT2D eigenvalue weighted by Gasteiger charge is 2.33. The van der Waals surface area contributed by atoms with Gasteiger partial charge in [0, 0.05) is 0 Å². The summed E-state index contributed by atoms with van der Waals surface area (Å²) in [4.78, 5) is 24.8. The van der Waals surface area contributed by atoms with Gasteiger partial charge in [0.05, 0.1) is 18.2 Å². The van der Waals surface area contributed by atoms with Crippen LogP contribution in [0.2, 0.25) is 0 Å². The number of esters is 2. The molecule has 37 heavy (non-hydrogen) atoms. The minimum atomic E-state index is -1.21. The van der Waals surface area contributed by atoms with E-state index in [0.29, 0.717) is 17.7 Å². The van der Waals surface area contributed by atoms with E-state index in [4.69, 9.17) is 14.2 Å². The Morgan fingerprint density at radius 2 is 1.30 bits per heavy atom. The van der Waals surface area contributed by atoms with Crippen molar-refractivity contribution < 1.29 is 23.8 Å². The number of benzene rings is 3. The number of nitrogens with zero attached hydrogens (tertiary/aromatic N) is 1. The molecule has 0 aliphatic carbocycles. The second kappa shape index (κ2) is 13.3. The molecule has 0 amide bonds. The summed E-state index contributed by atoms with van der Waals surface area (Å²) in [6.45, 7) is 6.21. The molecule has 0 aliphatic rings. The summed E-state index contributed by atoms with van der Waals surface area (Å²) in [7, 11) is 0. The summed E-state index contributed by atoms with van der Waals surface area (Å²) < 4.78 is 16.5. The SMILES string of the molecule is CCCCCCOc1ccc(-c2ccc(C(=O)Oc3ccc(OC(=O)C(C)(C#N)CC)cc3)cc2)cc1. The molecule has 0 saturated carbocycles. The fraction of sp³-hybridized carbons (Fsp3) is 0.323. The van der Waals surface area contributed by atoms with Crippen LogP contribution >= 0.6 is 0 Å². The Bertz CT molecular complexity index is 1210. The average molecular weight is 500 g/mol. The van der Waals surface area contributed by atoms with Crippen molar-refractivity contribution in [2.24, 2.45) is 5.41 Å². The first-order chi connectivity index (χ1) is 17.9. The maximum atomic E-state index is 12.6. The first kappa shape index (κ1) is 27.5. The van der Waals surface area contributed by atoms with E-state index < -0.39 is 17.4 Å². The van der Waals surface area contributed by atoms with Gasteiger partial charge in [0.25, 0.3) is 0 Å². The molecule has 0 heterocycles. The molecule has 1 atom stereocenters. The van der Waals surface area contributed by atoms with Crippen LogP contribution in [0.25, 0.3) is 11.1 Å². The third kappa shape index (κ3) is 7.68. The van der Waals surface area contributed by atoms with Crippen molar-refractivity contribution in [2.75, 3.05) is 6.61 Å². The zero-order chi connectivity index (χ0) is 26.7. The summed E-state index contributed by atoms with van der Waals surface area (Å²) in [5, 5.41) is 9.21. The lowest BCUT2D eigenvalue weighted by atomic mass is 9.90. The Morgan fingerprint density at radius 1 is 0.757 bits per heavy atom. The van der Waals surface area contributed by atoms with Gasteiger partial charge in [-0.2, -0.15) is 5.26 Å². The van der Waals surface area contributed by atoms with E-state index in [0.717, 1.165) is 29.9 Å². The van der Waals surface area contributed by atoms with E-state index in [1.165, 1.54) is 50.5 Å². The van der Waals surface area contributed by atoms with Gasteiger partial charge >= 0.3 is 11.9 Å². The van der Waals surface area contributed by atoms with Crippen LogP contribution in [0.3, 0.4) is 0 Å². The van der Waals surface area contributed by atoms with E-state index in [1.54, 1.807) is 19.1 Å². The van der Waals surface area contributed by atoms with Crippen LogP contribution in [0.1, 0.15) is 63.2 Å². The van der Waals surface area contributed by atoms with E-state index >= 15 is 0 Å². The topological polar surface area (TPSA) is 85.6 Å². The summed E-state index contributed by atoms with van der Waals surface area (Å²) in [5.41, 5.74) is 1.22. The van der Waals surface area contributed by atoms with Crippen molar-refractivity contribution in [1.29, 1.82) is 5.26 Å². The molecule has 6 nitrogen and oxygen atoms in total. The van der Waals surface area contributed by atoms with E-state index in [1.807, 2.05) is 42.5 Å². The van der Waals surface area contributed by atoms with Crippen LogP contribution in [0.4, 0.5) is 0 Å². The normalized spacial score (nSPS) is 12.2. The summed E-state index contributed by atoms with van der Waals surface area (Å²) >= 11 is 0. The minimum absolute atomic E-state index is 0.275. The van der Waals surface area contributed by atoms with Crippen molar-refractivity contribution in [3.8, 4) is 34.4 Å². The molecule has 0 aliphatic heterocycles. The van der Waals surface area contributed by atoms with Crippen molar-refractivity contribution in [3.63, 3.8) is 0 Å². The molecular formula is C31H33NO5. The minimum Gasteiger partial charge on any atom is -0.494 e. The average Bonchev–Trinajstić information content (AvgIpc) is 2.94. The van der Waals surface area contributed by atoms with Crippen LogP contribution < -0.4 is 14.2 Å². The molecule has 0 fully saturated rings. The molecule has 6 heteroatoms. The van der Waals surface area contributed by atoms with Crippen molar-refractivity contribution >= 4 is 11.9 Å². The molecule has 192 valence electrons. The van der Waals surface area contributed by atoms with Gasteiger partial charge in [-0.15, -0.1) is 0 Å². The van der Waals surface area contributed by atoms with Crippen LogP contribution in [0.15, 0.2) is 72.8 Å². The van der Waals surface area contributed by atoms with Gasteiger partial charge in [0.2, 0.25) is 0 Å². The Morgan fingerprint density at radius 3 is 1.84 bits per heavy atom. The first-order valence-corrected chi connectivity index (χ1v) is 12.7. The number of unbranched alkanes of at least 4 members (excludes halogenated alkanes) is 3. The Kier molecular flexibility index (Phi) is 9.85. The van der Waals surface area contributed by atoms with Gasteiger partial charge in [0.15, 0.2) is 5.41 Å². The number of carbonyl (C=O) groups excluding carboxylic acids is 2.